The zero-order valence-electron chi connectivity index (χ0n) is 14.6. The normalized spacial score (nSPS) is 14.6. The second-order valence-electron chi connectivity index (χ2n) is 6.69. The van der Waals surface area contributed by atoms with E-state index in [9.17, 15) is 14.4 Å². The quantitative estimate of drug-likeness (QED) is 0.724. The van der Waals surface area contributed by atoms with Crippen molar-refractivity contribution in [2.24, 2.45) is 5.92 Å². The first-order chi connectivity index (χ1) is 11.9. The van der Waals surface area contributed by atoms with Gasteiger partial charge in [0.25, 0.3) is 0 Å². The van der Waals surface area contributed by atoms with E-state index in [1.165, 1.54) is 5.56 Å². The SMILES string of the molecule is CC(C)C[C@@H](NC(=O)CNC(=O)N1CCc2ccccc2C1)C(=O)O. The number of carbonyl (C=O) groups is 3. The minimum absolute atomic E-state index is 0.143. The summed E-state index contributed by atoms with van der Waals surface area (Å²) in [6, 6.07) is 6.71. The average Bonchev–Trinajstić information content (AvgIpc) is 2.58. The molecule has 0 unspecified atom stereocenters. The molecule has 0 saturated heterocycles. The minimum atomic E-state index is -1.07. The number of carbonyl (C=O) groups excluding carboxylic acids is 2. The zero-order valence-corrected chi connectivity index (χ0v) is 14.6. The molecule has 0 fully saturated rings. The van der Waals surface area contributed by atoms with Gasteiger partial charge in [0.1, 0.15) is 6.04 Å². The fourth-order valence-electron chi connectivity index (χ4n) is 2.88. The lowest BCUT2D eigenvalue weighted by Crippen LogP contribution is -2.49. The van der Waals surface area contributed by atoms with E-state index in [1.54, 1.807) is 4.90 Å². The molecule has 1 aliphatic heterocycles. The molecule has 3 amide bonds. The zero-order chi connectivity index (χ0) is 18.4. The van der Waals surface area contributed by atoms with Gasteiger partial charge in [0.15, 0.2) is 0 Å². The van der Waals surface area contributed by atoms with Gasteiger partial charge < -0.3 is 20.6 Å². The molecule has 3 N–H and O–H groups in total. The molecule has 0 radical (unpaired) electrons. The number of nitrogens with one attached hydrogen (secondary N) is 2. The Kier molecular flexibility index (Phi) is 6.38. The van der Waals surface area contributed by atoms with Gasteiger partial charge in [-0.25, -0.2) is 9.59 Å². The highest BCUT2D eigenvalue weighted by Crippen LogP contribution is 2.18. The minimum Gasteiger partial charge on any atom is -0.480 e. The van der Waals surface area contributed by atoms with Crippen LogP contribution in [0.1, 0.15) is 31.4 Å². The number of carboxylic acids is 1. The van der Waals surface area contributed by atoms with Gasteiger partial charge in [-0.2, -0.15) is 0 Å². The monoisotopic (exact) mass is 347 g/mol. The Morgan fingerprint density at radius 2 is 1.88 bits per heavy atom. The molecule has 1 heterocycles. The predicted octanol–water partition coefficient (Wildman–Crippen LogP) is 1.37. The number of aliphatic carboxylic acids is 1. The fraction of sp³-hybridized carbons (Fsp3) is 0.500. The maximum Gasteiger partial charge on any atom is 0.326 e. The van der Waals surface area contributed by atoms with Crippen molar-refractivity contribution in [3.05, 3.63) is 35.4 Å². The average molecular weight is 347 g/mol. The molecule has 1 aromatic carbocycles. The van der Waals surface area contributed by atoms with Crippen molar-refractivity contribution in [3.8, 4) is 0 Å². The molecule has 1 aromatic rings. The first kappa shape index (κ1) is 18.8. The highest BCUT2D eigenvalue weighted by atomic mass is 16.4. The number of fused-ring (bicyclic) bond motifs is 1. The molecule has 1 aliphatic rings. The van der Waals surface area contributed by atoms with E-state index < -0.39 is 17.9 Å². The van der Waals surface area contributed by atoms with Gasteiger partial charge in [0.05, 0.1) is 6.54 Å². The number of benzene rings is 1. The largest absolute Gasteiger partial charge is 0.480 e. The Hall–Kier alpha value is -2.57. The van der Waals surface area contributed by atoms with Crippen LogP contribution in [0.2, 0.25) is 0 Å². The highest BCUT2D eigenvalue weighted by Gasteiger charge is 2.23. The second-order valence-corrected chi connectivity index (χ2v) is 6.69. The van der Waals surface area contributed by atoms with Crippen molar-refractivity contribution in [3.63, 3.8) is 0 Å². The molecular formula is C18H25N3O4. The summed E-state index contributed by atoms with van der Waals surface area (Å²) < 4.78 is 0. The lowest BCUT2D eigenvalue weighted by atomic mass is 10.0. The highest BCUT2D eigenvalue weighted by molar-refractivity contribution is 5.87. The molecule has 2 rings (SSSR count). The van der Waals surface area contributed by atoms with Crippen LogP contribution in [0.3, 0.4) is 0 Å². The van der Waals surface area contributed by atoms with Gasteiger partial charge in [-0.3, -0.25) is 4.79 Å². The summed E-state index contributed by atoms with van der Waals surface area (Å²) in [6.45, 7) is 4.64. The van der Waals surface area contributed by atoms with Crippen LogP contribution < -0.4 is 10.6 Å². The summed E-state index contributed by atoms with van der Waals surface area (Å²) in [4.78, 5) is 37.0. The summed E-state index contributed by atoms with van der Waals surface area (Å²) in [5, 5.41) is 14.1. The van der Waals surface area contributed by atoms with E-state index >= 15 is 0 Å². The van der Waals surface area contributed by atoms with E-state index in [1.807, 2.05) is 32.0 Å². The van der Waals surface area contributed by atoms with E-state index in [4.69, 9.17) is 5.11 Å². The van der Waals surface area contributed by atoms with Gasteiger partial charge in [0, 0.05) is 13.1 Å². The van der Waals surface area contributed by atoms with Crippen LogP contribution in [-0.2, 0) is 22.6 Å². The van der Waals surface area contributed by atoms with E-state index in [2.05, 4.69) is 16.7 Å². The van der Waals surface area contributed by atoms with Gasteiger partial charge in [-0.1, -0.05) is 38.1 Å². The lowest BCUT2D eigenvalue weighted by Gasteiger charge is -2.29. The Balaban J connectivity index is 1.81. The van der Waals surface area contributed by atoms with Crippen molar-refractivity contribution in [2.45, 2.75) is 39.3 Å². The molecule has 1 atom stereocenters. The third-order valence-corrected chi connectivity index (χ3v) is 4.16. The van der Waals surface area contributed by atoms with Crippen LogP contribution in [0.25, 0.3) is 0 Å². The van der Waals surface area contributed by atoms with Crippen LogP contribution >= 0.6 is 0 Å². The van der Waals surface area contributed by atoms with Gasteiger partial charge in [-0.05, 0) is 29.9 Å². The standard InChI is InChI=1S/C18H25N3O4/c1-12(2)9-15(17(23)24)20-16(22)10-19-18(25)21-8-7-13-5-3-4-6-14(13)11-21/h3-6,12,15H,7-11H2,1-2H3,(H,19,25)(H,20,22)(H,23,24)/t15-/m1/s1. The van der Waals surface area contributed by atoms with Gasteiger partial charge in [0.2, 0.25) is 5.91 Å². The van der Waals surface area contributed by atoms with E-state index in [-0.39, 0.29) is 18.5 Å². The van der Waals surface area contributed by atoms with Crippen molar-refractivity contribution in [2.75, 3.05) is 13.1 Å². The third-order valence-electron chi connectivity index (χ3n) is 4.16. The Bertz CT molecular complexity index is 645. The molecule has 136 valence electrons. The molecule has 25 heavy (non-hydrogen) atoms. The van der Waals surface area contributed by atoms with Gasteiger partial charge >= 0.3 is 12.0 Å². The fourth-order valence-corrected chi connectivity index (χ4v) is 2.88. The molecule has 7 heteroatoms. The smallest absolute Gasteiger partial charge is 0.326 e. The van der Waals surface area contributed by atoms with E-state index in [0.29, 0.717) is 19.5 Å². The number of carboxylic acid groups (broad SMARTS) is 1. The van der Waals surface area contributed by atoms with Crippen LogP contribution in [0.15, 0.2) is 24.3 Å². The van der Waals surface area contributed by atoms with Crippen molar-refractivity contribution < 1.29 is 19.5 Å². The summed E-state index contributed by atoms with van der Waals surface area (Å²) >= 11 is 0. The predicted molar refractivity (Wildman–Crippen MR) is 93.0 cm³/mol. The number of hydrogen-bond acceptors (Lipinski definition) is 3. The molecule has 0 aliphatic carbocycles. The first-order valence-electron chi connectivity index (χ1n) is 8.48. The van der Waals surface area contributed by atoms with Crippen molar-refractivity contribution >= 4 is 17.9 Å². The summed E-state index contributed by atoms with van der Waals surface area (Å²) in [7, 11) is 0. The number of nitrogens with zero attached hydrogens (tertiary/aromatic N) is 1. The second kappa shape index (κ2) is 8.50. The van der Waals surface area contributed by atoms with Crippen LogP contribution in [0, 0.1) is 5.92 Å². The number of rotatable bonds is 6. The number of hydrogen-bond donors (Lipinski definition) is 3. The maximum atomic E-state index is 12.2. The van der Waals surface area contributed by atoms with Gasteiger partial charge in [-0.15, -0.1) is 0 Å². The van der Waals surface area contributed by atoms with Crippen molar-refractivity contribution in [1.82, 2.24) is 15.5 Å². The summed E-state index contributed by atoms with van der Waals surface area (Å²) in [5.74, 6) is -1.43. The third kappa shape index (κ3) is 5.48. The van der Waals surface area contributed by atoms with Crippen molar-refractivity contribution in [1.29, 1.82) is 0 Å². The molecular weight excluding hydrogens is 322 g/mol. The number of amides is 3. The maximum absolute atomic E-state index is 12.2. The molecule has 7 nitrogen and oxygen atoms in total. The first-order valence-corrected chi connectivity index (χ1v) is 8.48. The number of urea groups is 1. The molecule has 0 saturated carbocycles. The molecule has 0 bridgehead atoms. The Labute approximate surface area is 147 Å². The molecule has 0 aromatic heterocycles. The Morgan fingerprint density at radius 1 is 1.20 bits per heavy atom. The van der Waals surface area contributed by atoms with E-state index in [0.717, 1.165) is 12.0 Å². The summed E-state index contributed by atoms with van der Waals surface area (Å²) in [6.07, 6.45) is 1.13. The summed E-state index contributed by atoms with van der Waals surface area (Å²) in [5.41, 5.74) is 2.35. The topological polar surface area (TPSA) is 98.7 Å². The van der Waals surface area contributed by atoms with Crippen LogP contribution in [-0.4, -0.2) is 47.0 Å². The van der Waals surface area contributed by atoms with Crippen LogP contribution in [0.5, 0.6) is 0 Å². The lowest BCUT2D eigenvalue weighted by molar-refractivity contribution is -0.142. The Morgan fingerprint density at radius 3 is 2.52 bits per heavy atom. The molecule has 0 spiro atoms. The van der Waals surface area contributed by atoms with Crippen LogP contribution in [0.4, 0.5) is 4.79 Å².